The van der Waals surface area contributed by atoms with E-state index in [0.717, 1.165) is 51.4 Å². The molecule has 0 aromatic rings. The summed E-state index contributed by atoms with van der Waals surface area (Å²) in [5.41, 5.74) is 0. The summed E-state index contributed by atoms with van der Waals surface area (Å²) in [5, 5.41) is 23.2. The van der Waals surface area contributed by atoms with Crippen LogP contribution in [0.15, 0.2) is 48.6 Å². The SMILES string of the molecule is CCC/C=C\C/C=C\CCCCCCCC(=O)OCCCCCCCCCCCCCC/C=C\CCCCCCCCCCCCCCCC(=O)NC(CO)C(O)/C=C/CCCCCCCCCCCCCCCCCCC. The molecule has 6 nitrogen and oxygen atoms in total. The molecule has 2 unspecified atom stereocenters. The number of rotatable bonds is 65. The van der Waals surface area contributed by atoms with E-state index in [4.69, 9.17) is 4.74 Å². The number of unbranched alkanes of at least 4 members (excludes halogenated alkanes) is 48. The molecule has 0 heterocycles. The third kappa shape index (κ3) is 63.0. The normalized spacial score (nSPS) is 12.8. The third-order valence-corrected chi connectivity index (χ3v) is 16.0. The number of nitrogens with one attached hydrogen (secondary N) is 1. The number of hydrogen-bond acceptors (Lipinski definition) is 5. The van der Waals surface area contributed by atoms with Crippen molar-refractivity contribution in [2.45, 2.75) is 386 Å². The number of allylic oxidation sites excluding steroid dienone is 7. The van der Waals surface area contributed by atoms with Crippen molar-refractivity contribution in [2.75, 3.05) is 13.2 Å². The van der Waals surface area contributed by atoms with Gasteiger partial charge < -0.3 is 20.3 Å². The molecule has 1 amide bonds. The van der Waals surface area contributed by atoms with Crippen molar-refractivity contribution < 1.29 is 24.5 Å². The Morgan fingerprint density at radius 1 is 0.359 bits per heavy atom. The molecule has 78 heavy (non-hydrogen) atoms. The predicted molar refractivity (Wildman–Crippen MR) is 342 cm³/mol. The Morgan fingerprint density at radius 3 is 1.04 bits per heavy atom. The summed E-state index contributed by atoms with van der Waals surface area (Å²) in [6.07, 6.45) is 87.6. The van der Waals surface area contributed by atoms with E-state index in [9.17, 15) is 19.8 Å². The second-order valence-electron chi connectivity index (χ2n) is 23.9. The standard InChI is InChI=1S/C72H135NO5/c1-3-5-7-9-11-13-15-17-18-19-31-34-37-41-44-48-52-56-60-64-70(75)69(68-74)73-71(76)65-61-57-53-49-45-42-38-35-32-29-27-25-23-21-20-22-24-26-28-30-33-36-39-43-47-51-55-59-63-67-78-72(77)66-62-58-54-50-46-40-16-14-12-10-8-6-4-2/h8,10,14,16,20,22,60,64,69-70,74-75H,3-7,9,11-13,15,17-19,21,23-59,61-63,65-68H2,1-2H3,(H,73,76)/b10-8-,16-14-,22-20-,64-60+. The van der Waals surface area contributed by atoms with Crippen LogP contribution in [0.1, 0.15) is 373 Å². The quantitative estimate of drug-likeness (QED) is 0.0320. The zero-order valence-corrected chi connectivity index (χ0v) is 52.4. The minimum atomic E-state index is -0.845. The first-order valence-electron chi connectivity index (χ1n) is 34.9. The topological polar surface area (TPSA) is 95.9 Å². The first kappa shape index (κ1) is 75.8. The number of aliphatic hydroxyl groups is 2. The highest BCUT2D eigenvalue weighted by Gasteiger charge is 2.18. The van der Waals surface area contributed by atoms with Gasteiger partial charge in [0.05, 0.1) is 25.4 Å². The molecule has 2 atom stereocenters. The summed E-state index contributed by atoms with van der Waals surface area (Å²) in [7, 11) is 0. The fraction of sp³-hybridized carbons (Fsp3) is 0.861. The highest BCUT2D eigenvalue weighted by atomic mass is 16.5. The van der Waals surface area contributed by atoms with E-state index in [2.05, 4.69) is 55.6 Å². The van der Waals surface area contributed by atoms with Crippen molar-refractivity contribution in [3.63, 3.8) is 0 Å². The van der Waals surface area contributed by atoms with Crippen molar-refractivity contribution in [2.24, 2.45) is 0 Å². The molecule has 0 aliphatic heterocycles. The Hall–Kier alpha value is -2.18. The van der Waals surface area contributed by atoms with E-state index in [1.165, 1.54) is 295 Å². The fourth-order valence-corrected chi connectivity index (χ4v) is 10.7. The molecule has 0 spiro atoms. The van der Waals surface area contributed by atoms with Gasteiger partial charge in [-0.15, -0.1) is 0 Å². The highest BCUT2D eigenvalue weighted by molar-refractivity contribution is 5.76. The van der Waals surface area contributed by atoms with Crippen molar-refractivity contribution in [3.8, 4) is 0 Å². The second kappa shape index (κ2) is 67.3. The third-order valence-electron chi connectivity index (χ3n) is 16.0. The molecule has 0 aliphatic rings. The van der Waals surface area contributed by atoms with Gasteiger partial charge in [0.1, 0.15) is 0 Å². The molecule has 6 heteroatoms. The van der Waals surface area contributed by atoms with E-state index in [1.54, 1.807) is 6.08 Å². The molecular weight excluding hydrogens is 959 g/mol. The van der Waals surface area contributed by atoms with E-state index in [1.807, 2.05) is 6.08 Å². The van der Waals surface area contributed by atoms with Gasteiger partial charge in [-0.1, -0.05) is 326 Å². The number of esters is 1. The lowest BCUT2D eigenvalue weighted by atomic mass is 10.0. The molecule has 0 rings (SSSR count). The Kier molecular flexibility index (Phi) is 65.4. The number of carbonyl (C=O) groups excluding carboxylic acids is 2. The van der Waals surface area contributed by atoms with Crippen LogP contribution >= 0.6 is 0 Å². The molecule has 0 radical (unpaired) electrons. The van der Waals surface area contributed by atoms with Gasteiger partial charge in [-0.2, -0.15) is 0 Å². The van der Waals surface area contributed by atoms with Crippen molar-refractivity contribution in [1.29, 1.82) is 0 Å². The summed E-state index contributed by atoms with van der Waals surface area (Å²) in [5.74, 6) is -0.0637. The lowest BCUT2D eigenvalue weighted by molar-refractivity contribution is -0.143. The molecule has 0 saturated carbocycles. The number of ether oxygens (including phenoxy) is 1. The molecule has 0 aromatic carbocycles. The first-order chi connectivity index (χ1) is 38.5. The van der Waals surface area contributed by atoms with Gasteiger partial charge >= 0.3 is 5.97 Å². The van der Waals surface area contributed by atoms with Gasteiger partial charge in [-0.3, -0.25) is 9.59 Å². The number of carbonyl (C=O) groups is 2. The van der Waals surface area contributed by atoms with Gasteiger partial charge in [0, 0.05) is 12.8 Å². The van der Waals surface area contributed by atoms with E-state index in [0.29, 0.717) is 19.4 Å². The van der Waals surface area contributed by atoms with Gasteiger partial charge in [0.2, 0.25) is 5.91 Å². The Morgan fingerprint density at radius 2 is 0.667 bits per heavy atom. The van der Waals surface area contributed by atoms with Gasteiger partial charge in [-0.05, 0) is 83.5 Å². The summed E-state index contributed by atoms with van der Waals surface area (Å²) >= 11 is 0. The lowest BCUT2D eigenvalue weighted by Gasteiger charge is -2.20. The molecule has 3 N–H and O–H groups in total. The summed E-state index contributed by atoms with van der Waals surface area (Å²) in [6.45, 7) is 4.86. The van der Waals surface area contributed by atoms with Crippen LogP contribution in [-0.2, 0) is 14.3 Å². The zero-order chi connectivity index (χ0) is 56.4. The Labute approximate surface area is 486 Å². The molecule has 0 fully saturated rings. The molecule has 0 bridgehead atoms. The maximum atomic E-state index is 12.5. The monoisotopic (exact) mass is 1090 g/mol. The minimum Gasteiger partial charge on any atom is -0.466 e. The largest absolute Gasteiger partial charge is 0.466 e. The molecule has 0 aliphatic carbocycles. The molecule has 458 valence electrons. The number of aliphatic hydroxyl groups excluding tert-OH is 2. The van der Waals surface area contributed by atoms with Crippen LogP contribution in [0.5, 0.6) is 0 Å². The minimum absolute atomic E-state index is 0.000767. The van der Waals surface area contributed by atoms with Crippen LogP contribution in [-0.4, -0.2) is 47.4 Å². The van der Waals surface area contributed by atoms with E-state index >= 15 is 0 Å². The average molecular weight is 1090 g/mol. The molecule has 0 aromatic heterocycles. The van der Waals surface area contributed by atoms with Crippen molar-refractivity contribution >= 4 is 11.9 Å². The van der Waals surface area contributed by atoms with Gasteiger partial charge in [0.15, 0.2) is 0 Å². The summed E-state index contributed by atoms with van der Waals surface area (Å²) in [4.78, 5) is 24.5. The van der Waals surface area contributed by atoms with Crippen molar-refractivity contribution in [1.82, 2.24) is 5.32 Å². The Balaban J connectivity index is 3.40. The second-order valence-corrected chi connectivity index (χ2v) is 23.9. The van der Waals surface area contributed by atoms with E-state index < -0.39 is 12.1 Å². The maximum Gasteiger partial charge on any atom is 0.305 e. The molecule has 0 saturated heterocycles. The number of amides is 1. The zero-order valence-electron chi connectivity index (χ0n) is 52.4. The van der Waals surface area contributed by atoms with Crippen molar-refractivity contribution in [3.05, 3.63) is 48.6 Å². The smallest absolute Gasteiger partial charge is 0.305 e. The van der Waals surface area contributed by atoms with E-state index in [-0.39, 0.29) is 18.5 Å². The van der Waals surface area contributed by atoms with Crippen LogP contribution < -0.4 is 5.32 Å². The van der Waals surface area contributed by atoms with Gasteiger partial charge in [0.25, 0.3) is 0 Å². The Bertz CT molecular complexity index is 1310. The predicted octanol–water partition coefficient (Wildman–Crippen LogP) is 22.5. The number of hydrogen-bond donors (Lipinski definition) is 3. The maximum absolute atomic E-state index is 12.5. The highest BCUT2D eigenvalue weighted by Crippen LogP contribution is 2.18. The average Bonchev–Trinajstić information content (AvgIpc) is 3.44. The van der Waals surface area contributed by atoms with Gasteiger partial charge in [-0.25, -0.2) is 0 Å². The summed E-state index contributed by atoms with van der Waals surface area (Å²) in [6, 6.07) is -0.628. The van der Waals surface area contributed by atoms with Crippen LogP contribution in [0.25, 0.3) is 0 Å². The molecular formula is C72H135NO5. The van der Waals surface area contributed by atoms with Crippen LogP contribution in [0, 0.1) is 0 Å². The van der Waals surface area contributed by atoms with Crippen LogP contribution in [0.3, 0.4) is 0 Å². The van der Waals surface area contributed by atoms with Crippen LogP contribution in [0.2, 0.25) is 0 Å². The first-order valence-corrected chi connectivity index (χ1v) is 34.9. The van der Waals surface area contributed by atoms with Crippen LogP contribution in [0.4, 0.5) is 0 Å². The lowest BCUT2D eigenvalue weighted by Crippen LogP contribution is -2.45. The summed E-state index contributed by atoms with van der Waals surface area (Å²) < 4.78 is 5.47. The fourth-order valence-electron chi connectivity index (χ4n) is 10.7.